The first-order chi connectivity index (χ1) is 12.6. The Morgan fingerprint density at radius 1 is 1.23 bits per heavy atom. The molecule has 8 nitrogen and oxygen atoms in total. The minimum Gasteiger partial charge on any atom is -0.371 e. The van der Waals surface area contributed by atoms with Crippen molar-refractivity contribution < 1.29 is 4.79 Å². The Morgan fingerprint density at radius 2 is 1.96 bits per heavy atom. The van der Waals surface area contributed by atoms with Gasteiger partial charge >= 0.3 is 0 Å². The zero-order valence-electron chi connectivity index (χ0n) is 14.9. The van der Waals surface area contributed by atoms with Gasteiger partial charge in [-0.15, -0.1) is 5.10 Å². The van der Waals surface area contributed by atoms with E-state index in [1.54, 1.807) is 15.6 Å². The van der Waals surface area contributed by atoms with Gasteiger partial charge in [-0.05, 0) is 37.5 Å². The van der Waals surface area contributed by atoms with Crippen molar-refractivity contribution in [3.63, 3.8) is 0 Å². The molecule has 4 rings (SSSR count). The molecule has 3 aromatic heterocycles. The predicted molar refractivity (Wildman–Crippen MR) is 97.1 cm³/mol. The fourth-order valence-corrected chi connectivity index (χ4v) is 3.36. The van der Waals surface area contributed by atoms with Crippen LogP contribution in [0.4, 0.5) is 5.69 Å². The van der Waals surface area contributed by atoms with Crippen molar-refractivity contribution in [3.8, 4) is 0 Å². The lowest BCUT2D eigenvalue weighted by Gasteiger charge is -2.37. The number of nitrogens with zero attached hydrogens (tertiary/aromatic N) is 7. The first-order valence-electron chi connectivity index (χ1n) is 8.73. The van der Waals surface area contributed by atoms with Crippen LogP contribution in [0.25, 0.3) is 5.78 Å². The van der Waals surface area contributed by atoms with E-state index in [1.807, 2.05) is 44.7 Å². The van der Waals surface area contributed by atoms with E-state index in [0.717, 1.165) is 31.5 Å². The van der Waals surface area contributed by atoms with E-state index < -0.39 is 0 Å². The number of piperidine rings is 1. The van der Waals surface area contributed by atoms with Crippen molar-refractivity contribution in [2.75, 3.05) is 25.0 Å². The molecule has 0 radical (unpaired) electrons. The normalized spacial score (nSPS) is 15.4. The van der Waals surface area contributed by atoms with Gasteiger partial charge in [0.05, 0.1) is 0 Å². The Bertz CT molecular complexity index is 916. The summed E-state index contributed by atoms with van der Waals surface area (Å²) in [4.78, 5) is 29.4. The van der Waals surface area contributed by atoms with Gasteiger partial charge in [-0.1, -0.05) is 0 Å². The fraction of sp³-hybridized carbons (Fsp3) is 0.389. The second kappa shape index (κ2) is 6.70. The van der Waals surface area contributed by atoms with Gasteiger partial charge in [0, 0.05) is 56.7 Å². The lowest BCUT2D eigenvalue weighted by molar-refractivity contribution is 0.0697. The van der Waals surface area contributed by atoms with Crippen molar-refractivity contribution in [2.24, 2.45) is 0 Å². The van der Waals surface area contributed by atoms with E-state index in [9.17, 15) is 4.79 Å². The molecule has 3 aromatic rings. The highest BCUT2D eigenvalue weighted by Gasteiger charge is 2.28. The van der Waals surface area contributed by atoms with Crippen LogP contribution in [0, 0.1) is 6.92 Å². The smallest absolute Gasteiger partial charge is 0.293 e. The molecular weight excluding hydrogens is 330 g/mol. The third-order valence-corrected chi connectivity index (χ3v) is 4.87. The third-order valence-electron chi connectivity index (χ3n) is 4.87. The van der Waals surface area contributed by atoms with Crippen LogP contribution >= 0.6 is 0 Å². The first kappa shape index (κ1) is 16.4. The molecule has 0 N–H and O–H groups in total. The molecule has 1 saturated heterocycles. The minimum absolute atomic E-state index is 0.157. The highest BCUT2D eigenvalue weighted by Crippen LogP contribution is 2.22. The van der Waals surface area contributed by atoms with Gasteiger partial charge in [-0.25, -0.2) is 9.50 Å². The topological polar surface area (TPSA) is 79.5 Å². The molecule has 1 aliphatic rings. The van der Waals surface area contributed by atoms with Crippen LogP contribution in [0.5, 0.6) is 0 Å². The maximum atomic E-state index is 12.8. The van der Waals surface area contributed by atoms with Crippen LogP contribution in [0.15, 0.2) is 36.9 Å². The molecule has 1 aliphatic heterocycles. The summed E-state index contributed by atoms with van der Waals surface area (Å²) >= 11 is 0. The molecule has 8 heteroatoms. The zero-order chi connectivity index (χ0) is 18.1. The van der Waals surface area contributed by atoms with Crippen LogP contribution in [0.1, 0.15) is 29.0 Å². The molecule has 4 heterocycles. The van der Waals surface area contributed by atoms with Crippen molar-refractivity contribution in [1.29, 1.82) is 0 Å². The molecule has 0 aromatic carbocycles. The van der Waals surface area contributed by atoms with E-state index in [2.05, 4.69) is 25.0 Å². The van der Waals surface area contributed by atoms with Gasteiger partial charge in [0.25, 0.3) is 11.7 Å². The number of anilines is 1. The summed E-state index contributed by atoms with van der Waals surface area (Å²) in [5.41, 5.74) is 2.15. The number of amides is 1. The SMILES string of the molecule is Cc1cnc2nc(C(=O)N(C)C3CCN(c4ccncc4)CC3)nn2c1. The van der Waals surface area contributed by atoms with E-state index in [0.29, 0.717) is 5.78 Å². The van der Waals surface area contributed by atoms with Crippen LogP contribution in [0.3, 0.4) is 0 Å². The number of hydrogen-bond donors (Lipinski definition) is 0. The number of pyridine rings is 1. The molecule has 0 aliphatic carbocycles. The van der Waals surface area contributed by atoms with E-state index in [4.69, 9.17) is 0 Å². The molecule has 26 heavy (non-hydrogen) atoms. The monoisotopic (exact) mass is 351 g/mol. The predicted octanol–water partition coefficient (Wildman–Crippen LogP) is 1.57. The van der Waals surface area contributed by atoms with Gasteiger partial charge in [0.2, 0.25) is 5.82 Å². The Kier molecular flexibility index (Phi) is 4.24. The van der Waals surface area contributed by atoms with Crippen molar-refractivity contribution in [2.45, 2.75) is 25.8 Å². The lowest BCUT2D eigenvalue weighted by atomic mass is 10.0. The summed E-state index contributed by atoms with van der Waals surface area (Å²) < 4.78 is 1.56. The largest absolute Gasteiger partial charge is 0.371 e. The van der Waals surface area contributed by atoms with Crippen LogP contribution < -0.4 is 4.90 Å². The van der Waals surface area contributed by atoms with E-state index >= 15 is 0 Å². The van der Waals surface area contributed by atoms with Gasteiger partial charge < -0.3 is 9.80 Å². The summed E-state index contributed by atoms with van der Waals surface area (Å²) in [6, 6.07) is 4.22. The molecular formula is C18H21N7O. The number of aryl methyl sites for hydroxylation is 1. The third kappa shape index (κ3) is 3.10. The first-order valence-corrected chi connectivity index (χ1v) is 8.73. The molecule has 134 valence electrons. The van der Waals surface area contributed by atoms with Crippen molar-refractivity contribution in [3.05, 3.63) is 48.3 Å². The minimum atomic E-state index is -0.157. The Labute approximate surface area is 151 Å². The van der Waals surface area contributed by atoms with Crippen molar-refractivity contribution >= 4 is 17.4 Å². The zero-order valence-corrected chi connectivity index (χ0v) is 14.9. The van der Waals surface area contributed by atoms with Gasteiger partial charge in [0.1, 0.15) is 0 Å². The van der Waals surface area contributed by atoms with Crippen LogP contribution in [-0.4, -0.2) is 61.6 Å². The molecule has 0 saturated carbocycles. The van der Waals surface area contributed by atoms with Gasteiger partial charge in [-0.3, -0.25) is 9.78 Å². The Balaban J connectivity index is 1.44. The van der Waals surface area contributed by atoms with E-state index in [1.165, 1.54) is 5.69 Å². The summed E-state index contributed by atoms with van der Waals surface area (Å²) in [5.74, 6) is 0.484. The number of hydrogen-bond acceptors (Lipinski definition) is 6. The number of aromatic nitrogens is 5. The quantitative estimate of drug-likeness (QED) is 0.713. The Morgan fingerprint density at radius 3 is 2.69 bits per heavy atom. The van der Waals surface area contributed by atoms with Crippen molar-refractivity contribution in [1.82, 2.24) is 29.5 Å². The average molecular weight is 351 g/mol. The number of carbonyl (C=O) groups excluding carboxylic acids is 1. The average Bonchev–Trinajstić information content (AvgIpc) is 3.11. The van der Waals surface area contributed by atoms with Crippen LogP contribution in [-0.2, 0) is 0 Å². The maximum absolute atomic E-state index is 12.8. The van der Waals surface area contributed by atoms with Crippen LogP contribution in [0.2, 0.25) is 0 Å². The number of rotatable bonds is 3. The standard InChI is InChI=1S/C18H21N7O/c1-13-11-20-18-21-16(22-25(18)12-13)17(26)23(2)14-5-9-24(10-6-14)15-3-7-19-8-4-15/h3-4,7-8,11-12,14H,5-6,9-10H2,1-2H3. The fourth-order valence-electron chi connectivity index (χ4n) is 3.36. The summed E-state index contributed by atoms with van der Waals surface area (Å²) in [6.07, 6.45) is 8.98. The lowest BCUT2D eigenvalue weighted by Crippen LogP contribution is -2.46. The second-order valence-electron chi connectivity index (χ2n) is 6.65. The summed E-state index contributed by atoms with van der Waals surface area (Å²) in [5, 5.41) is 4.29. The second-order valence-corrected chi connectivity index (χ2v) is 6.65. The van der Waals surface area contributed by atoms with Gasteiger partial charge in [0.15, 0.2) is 0 Å². The highest BCUT2D eigenvalue weighted by atomic mass is 16.2. The van der Waals surface area contributed by atoms with E-state index in [-0.39, 0.29) is 17.8 Å². The number of fused-ring (bicyclic) bond motifs is 1. The summed E-state index contributed by atoms with van der Waals surface area (Å²) in [7, 11) is 1.83. The molecule has 1 fully saturated rings. The molecule has 0 spiro atoms. The molecule has 1 amide bonds. The molecule has 0 bridgehead atoms. The van der Waals surface area contributed by atoms with Gasteiger partial charge in [-0.2, -0.15) is 4.98 Å². The molecule has 0 atom stereocenters. The Hall–Kier alpha value is -3.03. The maximum Gasteiger partial charge on any atom is 0.293 e. The molecule has 0 unspecified atom stereocenters. The summed E-state index contributed by atoms with van der Waals surface area (Å²) in [6.45, 7) is 3.75. The highest BCUT2D eigenvalue weighted by molar-refractivity contribution is 5.90. The number of carbonyl (C=O) groups is 1.